The van der Waals surface area contributed by atoms with Gasteiger partial charge in [-0.1, -0.05) is 30.3 Å². The lowest BCUT2D eigenvalue weighted by Crippen LogP contribution is -2.46. The maximum Gasteiger partial charge on any atom is 0.169 e. The van der Waals surface area contributed by atoms with Gasteiger partial charge >= 0.3 is 0 Å². The Morgan fingerprint density at radius 1 is 1.16 bits per heavy atom. The molecule has 0 amide bonds. The van der Waals surface area contributed by atoms with Gasteiger partial charge in [-0.3, -0.25) is 0 Å². The summed E-state index contributed by atoms with van der Waals surface area (Å²) in [6.07, 6.45) is 2.14. The van der Waals surface area contributed by atoms with Crippen molar-refractivity contribution in [2.75, 3.05) is 13.6 Å². The van der Waals surface area contributed by atoms with Crippen LogP contribution in [0.2, 0.25) is 0 Å². The van der Waals surface area contributed by atoms with E-state index in [0.717, 1.165) is 18.2 Å². The number of aromatic nitrogens is 1. The second-order valence-electron chi connectivity index (χ2n) is 4.69. The average Bonchev–Trinajstić information content (AvgIpc) is 2.94. The van der Waals surface area contributed by atoms with Crippen LogP contribution in [0, 0.1) is 0 Å². The van der Waals surface area contributed by atoms with Gasteiger partial charge in [0.25, 0.3) is 0 Å². The first-order valence-electron chi connectivity index (χ1n) is 6.49. The van der Waals surface area contributed by atoms with Gasteiger partial charge in [-0.25, -0.2) is 0 Å². The molecule has 1 aliphatic heterocycles. The lowest BCUT2D eigenvalue weighted by Gasteiger charge is -2.38. The lowest BCUT2D eigenvalue weighted by atomic mass is 10.0. The summed E-state index contributed by atoms with van der Waals surface area (Å²) < 4.78 is 2.31. The molecule has 0 fully saturated rings. The Kier molecular flexibility index (Phi) is 3.25. The largest absolute Gasteiger partial charge is 0.366 e. The third kappa shape index (κ3) is 2.12. The van der Waals surface area contributed by atoms with Crippen molar-refractivity contribution < 1.29 is 0 Å². The zero-order valence-corrected chi connectivity index (χ0v) is 11.7. The number of benzene rings is 1. The van der Waals surface area contributed by atoms with Crippen LogP contribution in [0.25, 0.3) is 0 Å². The molecule has 2 heterocycles. The van der Waals surface area contributed by atoms with Crippen LogP contribution in [-0.2, 0) is 6.54 Å². The van der Waals surface area contributed by atoms with Gasteiger partial charge in [0.2, 0.25) is 0 Å². The Morgan fingerprint density at radius 3 is 2.68 bits per heavy atom. The molecule has 1 unspecified atom stereocenters. The molecule has 19 heavy (non-hydrogen) atoms. The summed E-state index contributed by atoms with van der Waals surface area (Å²) in [6, 6.07) is 15.0. The van der Waals surface area contributed by atoms with E-state index in [0.29, 0.717) is 0 Å². The highest BCUT2D eigenvalue weighted by molar-refractivity contribution is 7.80. The van der Waals surface area contributed by atoms with Crippen LogP contribution in [0.3, 0.4) is 0 Å². The fraction of sp³-hybridized carbons (Fsp3) is 0.267. The molecule has 0 bridgehead atoms. The molecule has 3 rings (SSSR count). The molecule has 1 aromatic carbocycles. The van der Waals surface area contributed by atoms with Gasteiger partial charge < -0.3 is 14.8 Å². The Balaban J connectivity index is 2.07. The third-order valence-corrected chi connectivity index (χ3v) is 4.07. The Morgan fingerprint density at radius 2 is 1.95 bits per heavy atom. The minimum atomic E-state index is 0.199. The topological polar surface area (TPSA) is 20.2 Å². The first kappa shape index (κ1) is 12.2. The van der Waals surface area contributed by atoms with E-state index in [1.165, 1.54) is 11.3 Å². The zero-order valence-electron chi connectivity index (χ0n) is 10.9. The van der Waals surface area contributed by atoms with Crippen molar-refractivity contribution in [1.29, 1.82) is 0 Å². The van der Waals surface area contributed by atoms with Crippen molar-refractivity contribution in [1.82, 2.24) is 14.8 Å². The van der Waals surface area contributed by atoms with Gasteiger partial charge in [0.1, 0.15) is 0 Å². The smallest absolute Gasteiger partial charge is 0.169 e. The fourth-order valence-corrected chi connectivity index (χ4v) is 2.93. The van der Waals surface area contributed by atoms with Crippen LogP contribution in [0.1, 0.15) is 17.3 Å². The highest BCUT2D eigenvalue weighted by Gasteiger charge is 2.29. The maximum atomic E-state index is 5.46. The van der Waals surface area contributed by atoms with Crippen LogP contribution < -0.4 is 5.32 Å². The van der Waals surface area contributed by atoms with Gasteiger partial charge in [0, 0.05) is 32.0 Å². The van der Waals surface area contributed by atoms with Gasteiger partial charge in [-0.05, 0) is 29.9 Å². The van der Waals surface area contributed by atoms with E-state index in [9.17, 15) is 0 Å². The van der Waals surface area contributed by atoms with Crippen LogP contribution >= 0.6 is 12.2 Å². The first-order valence-corrected chi connectivity index (χ1v) is 6.90. The van der Waals surface area contributed by atoms with Crippen LogP contribution in [0.5, 0.6) is 0 Å². The van der Waals surface area contributed by atoms with E-state index in [-0.39, 0.29) is 6.04 Å². The molecule has 98 valence electrons. The van der Waals surface area contributed by atoms with Gasteiger partial charge in [0.15, 0.2) is 5.11 Å². The lowest BCUT2D eigenvalue weighted by molar-refractivity contribution is 0.287. The van der Waals surface area contributed by atoms with E-state index in [1.54, 1.807) is 0 Å². The van der Waals surface area contributed by atoms with Gasteiger partial charge in [-0.15, -0.1) is 0 Å². The zero-order chi connectivity index (χ0) is 13.2. The molecule has 0 spiro atoms. The van der Waals surface area contributed by atoms with E-state index in [2.05, 4.69) is 57.4 Å². The van der Waals surface area contributed by atoms with Crippen molar-refractivity contribution in [3.63, 3.8) is 0 Å². The monoisotopic (exact) mass is 271 g/mol. The maximum absolute atomic E-state index is 5.46. The molecule has 1 N–H and O–H groups in total. The van der Waals surface area contributed by atoms with Gasteiger partial charge in [-0.2, -0.15) is 0 Å². The molecule has 3 nitrogen and oxygen atoms in total. The molecule has 0 saturated heterocycles. The van der Waals surface area contributed by atoms with E-state index < -0.39 is 0 Å². The molecule has 1 atom stereocenters. The van der Waals surface area contributed by atoms with Crippen molar-refractivity contribution in [3.8, 4) is 0 Å². The van der Waals surface area contributed by atoms with E-state index >= 15 is 0 Å². The fourth-order valence-electron chi connectivity index (χ4n) is 2.73. The summed E-state index contributed by atoms with van der Waals surface area (Å²) in [4.78, 5) is 2.26. The number of fused-ring (bicyclic) bond motifs is 1. The summed E-state index contributed by atoms with van der Waals surface area (Å²) in [6.45, 7) is 1.91. The van der Waals surface area contributed by atoms with Crippen molar-refractivity contribution >= 4 is 17.3 Å². The first-order chi connectivity index (χ1) is 9.31. The van der Waals surface area contributed by atoms with E-state index in [4.69, 9.17) is 12.2 Å². The molecule has 4 heteroatoms. The molecule has 1 aliphatic rings. The number of hydrogen-bond acceptors (Lipinski definition) is 1. The Labute approximate surface area is 118 Å². The summed E-state index contributed by atoms with van der Waals surface area (Å²) in [5.74, 6) is 0. The minimum absolute atomic E-state index is 0.199. The van der Waals surface area contributed by atoms with Crippen LogP contribution in [-0.4, -0.2) is 28.2 Å². The quantitative estimate of drug-likeness (QED) is 0.804. The second-order valence-corrected chi connectivity index (χ2v) is 5.07. The van der Waals surface area contributed by atoms with E-state index in [1.807, 2.05) is 13.1 Å². The summed E-state index contributed by atoms with van der Waals surface area (Å²) in [7, 11) is 1.89. The predicted octanol–water partition coefficient (Wildman–Crippen LogP) is 2.40. The Hall–Kier alpha value is -1.81. The molecular formula is C15H17N3S. The summed E-state index contributed by atoms with van der Waals surface area (Å²) >= 11 is 5.46. The number of thiocarbonyl (C=S) groups is 1. The highest BCUT2D eigenvalue weighted by Crippen LogP contribution is 2.32. The Bertz CT molecular complexity index is 576. The standard InChI is InChI=1S/C15H17N3S/c1-16-15(19)18-11-10-17-9-5-8-13(17)14(18)12-6-3-2-4-7-12/h2-9,14H,10-11H2,1H3,(H,16,19). The second kappa shape index (κ2) is 5.05. The van der Waals surface area contributed by atoms with Crippen molar-refractivity contribution in [2.45, 2.75) is 12.6 Å². The predicted molar refractivity (Wildman–Crippen MR) is 81.1 cm³/mol. The molecular weight excluding hydrogens is 254 g/mol. The van der Waals surface area contributed by atoms with Crippen LogP contribution in [0.4, 0.5) is 0 Å². The van der Waals surface area contributed by atoms with Crippen molar-refractivity contribution in [3.05, 3.63) is 59.9 Å². The SMILES string of the molecule is CNC(=S)N1CCn2cccc2C1c1ccccc1. The summed E-state index contributed by atoms with van der Waals surface area (Å²) in [5, 5.41) is 3.91. The number of nitrogens with zero attached hydrogens (tertiary/aromatic N) is 2. The molecule has 0 radical (unpaired) electrons. The number of hydrogen-bond donors (Lipinski definition) is 1. The van der Waals surface area contributed by atoms with Crippen molar-refractivity contribution in [2.24, 2.45) is 0 Å². The molecule has 2 aromatic rings. The summed E-state index contributed by atoms with van der Waals surface area (Å²) in [5.41, 5.74) is 2.58. The van der Waals surface area contributed by atoms with Gasteiger partial charge in [0.05, 0.1) is 6.04 Å². The third-order valence-electron chi connectivity index (χ3n) is 3.63. The molecule has 0 aliphatic carbocycles. The number of rotatable bonds is 1. The van der Waals surface area contributed by atoms with Crippen LogP contribution in [0.15, 0.2) is 48.7 Å². The normalized spacial score (nSPS) is 17.9. The average molecular weight is 271 g/mol. The minimum Gasteiger partial charge on any atom is -0.366 e. The number of nitrogens with one attached hydrogen (secondary N) is 1. The molecule has 1 aromatic heterocycles. The highest BCUT2D eigenvalue weighted by atomic mass is 32.1. The molecule has 0 saturated carbocycles.